The number of thiophene rings is 1. The maximum Gasteiger partial charge on any atom is 0.224 e. The van der Waals surface area contributed by atoms with Gasteiger partial charge >= 0.3 is 0 Å². The minimum atomic E-state index is 0.204. The third kappa shape index (κ3) is 2.87. The third-order valence-corrected chi connectivity index (χ3v) is 3.61. The van der Waals surface area contributed by atoms with E-state index in [1.165, 1.54) is 0 Å². The van der Waals surface area contributed by atoms with Crippen LogP contribution in [0.15, 0.2) is 5.38 Å². The first-order chi connectivity index (χ1) is 7.87. The van der Waals surface area contributed by atoms with Crippen LogP contribution in [0.1, 0.15) is 26.3 Å². The summed E-state index contributed by atoms with van der Waals surface area (Å²) in [6.07, 6.45) is 0. The SMILES string of the molecule is Cc1csc2c(NCC(C)(C)C)nc(Cl)nc12. The second kappa shape index (κ2) is 4.42. The van der Waals surface area contributed by atoms with E-state index in [-0.39, 0.29) is 5.41 Å². The van der Waals surface area contributed by atoms with Crippen LogP contribution in [0.5, 0.6) is 0 Å². The van der Waals surface area contributed by atoms with Gasteiger partial charge in [0.2, 0.25) is 5.28 Å². The zero-order valence-electron chi connectivity index (χ0n) is 10.5. The third-order valence-electron chi connectivity index (χ3n) is 2.35. The molecule has 2 rings (SSSR count). The van der Waals surface area contributed by atoms with Gasteiger partial charge in [-0.3, -0.25) is 0 Å². The Bertz CT molecular complexity index is 542. The fourth-order valence-corrected chi connectivity index (χ4v) is 2.60. The standard InChI is InChI=1S/C12H16ClN3S/c1-7-5-17-9-8(7)15-11(13)16-10(9)14-6-12(2,3)4/h5H,6H2,1-4H3,(H,14,15,16). The van der Waals surface area contributed by atoms with Crippen molar-refractivity contribution in [2.45, 2.75) is 27.7 Å². The molecule has 3 nitrogen and oxygen atoms in total. The van der Waals surface area contributed by atoms with Crippen LogP contribution in [-0.4, -0.2) is 16.5 Å². The number of fused-ring (bicyclic) bond motifs is 1. The number of halogens is 1. The van der Waals surface area contributed by atoms with Crippen LogP contribution in [0.3, 0.4) is 0 Å². The smallest absolute Gasteiger partial charge is 0.224 e. The summed E-state index contributed by atoms with van der Waals surface area (Å²) in [5, 5.41) is 5.74. The van der Waals surface area contributed by atoms with Crippen LogP contribution in [0, 0.1) is 12.3 Å². The monoisotopic (exact) mass is 269 g/mol. The second-order valence-corrected chi connectivity index (χ2v) is 6.57. The quantitative estimate of drug-likeness (QED) is 0.834. The van der Waals surface area contributed by atoms with E-state index in [2.05, 4.69) is 41.4 Å². The fourth-order valence-electron chi connectivity index (χ4n) is 1.47. The van der Waals surface area contributed by atoms with Gasteiger partial charge in [-0.2, -0.15) is 4.98 Å². The highest BCUT2D eigenvalue weighted by Crippen LogP contribution is 2.31. The number of aromatic nitrogens is 2. The molecule has 0 radical (unpaired) electrons. The number of aryl methyl sites for hydroxylation is 1. The van der Waals surface area contributed by atoms with E-state index < -0.39 is 0 Å². The van der Waals surface area contributed by atoms with Crippen molar-refractivity contribution in [1.29, 1.82) is 0 Å². The molecule has 0 aromatic carbocycles. The molecule has 1 N–H and O–H groups in total. The lowest BCUT2D eigenvalue weighted by Gasteiger charge is -2.19. The van der Waals surface area contributed by atoms with Gasteiger partial charge in [0.1, 0.15) is 5.82 Å². The van der Waals surface area contributed by atoms with Crippen molar-refractivity contribution in [3.8, 4) is 0 Å². The minimum absolute atomic E-state index is 0.204. The van der Waals surface area contributed by atoms with Gasteiger partial charge in [0.25, 0.3) is 0 Å². The molecule has 0 bridgehead atoms. The molecule has 92 valence electrons. The summed E-state index contributed by atoms with van der Waals surface area (Å²) >= 11 is 7.60. The van der Waals surface area contributed by atoms with E-state index in [9.17, 15) is 0 Å². The highest BCUT2D eigenvalue weighted by molar-refractivity contribution is 7.18. The summed E-state index contributed by atoms with van der Waals surface area (Å²) in [4.78, 5) is 8.54. The molecule has 2 heterocycles. The van der Waals surface area contributed by atoms with E-state index in [0.29, 0.717) is 5.28 Å². The number of hydrogen-bond acceptors (Lipinski definition) is 4. The summed E-state index contributed by atoms with van der Waals surface area (Å²) in [7, 11) is 0. The van der Waals surface area contributed by atoms with Crippen molar-refractivity contribution in [3.05, 3.63) is 16.2 Å². The topological polar surface area (TPSA) is 37.8 Å². The van der Waals surface area contributed by atoms with Crippen molar-refractivity contribution in [3.63, 3.8) is 0 Å². The number of rotatable bonds is 2. The molecule has 0 atom stereocenters. The molecule has 0 saturated heterocycles. The molecule has 2 aromatic rings. The second-order valence-electron chi connectivity index (χ2n) is 5.35. The first-order valence-electron chi connectivity index (χ1n) is 5.52. The number of anilines is 1. The van der Waals surface area contributed by atoms with Crippen molar-refractivity contribution in [2.75, 3.05) is 11.9 Å². The average Bonchev–Trinajstić information content (AvgIpc) is 2.56. The summed E-state index contributed by atoms with van der Waals surface area (Å²) < 4.78 is 1.08. The van der Waals surface area contributed by atoms with Crippen LogP contribution in [0.2, 0.25) is 5.28 Å². The molecule has 0 aliphatic carbocycles. The Balaban J connectivity index is 2.39. The molecule has 2 aromatic heterocycles. The molecule has 17 heavy (non-hydrogen) atoms. The Kier molecular flexibility index (Phi) is 3.27. The Morgan fingerprint density at radius 1 is 1.35 bits per heavy atom. The van der Waals surface area contributed by atoms with E-state index in [0.717, 1.165) is 28.1 Å². The fraction of sp³-hybridized carbons (Fsp3) is 0.500. The van der Waals surface area contributed by atoms with Crippen LogP contribution in [0.4, 0.5) is 5.82 Å². The average molecular weight is 270 g/mol. The highest BCUT2D eigenvalue weighted by Gasteiger charge is 2.14. The van der Waals surface area contributed by atoms with Crippen molar-refractivity contribution in [2.24, 2.45) is 5.41 Å². The van der Waals surface area contributed by atoms with Gasteiger partial charge in [0, 0.05) is 6.54 Å². The van der Waals surface area contributed by atoms with Gasteiger partial charge < -0.3 is 5.32 Å². The molecule has 0 aliphatic rings. The lowest BCUT2D eigenvalue weighted by Crippen LogP contribution is -2.19. The van der Waals surface area contributed by atoms with Gasteiger partial charge in [-0.15, -0.1) is 11.3 Å². The van der Waals surface area contributed by atoms with Crippen LogP contribution < -0.4 is 5.32 Å². The van der Waals surface area contributed by atoms with E-state index in [1.807, 2.05) is 6.92 Å². The first kappa shape index (κ1) is 12.6. The molecule has 0 fully saturated rings. The molecule has 0 unspecified atom stereocenters. The highest BCUT2D eigenvalue weighted by atomic mass is 35.5. The van der Waals surface area contributed by atoms with Crippen LogP contribution in [0.25, 0.3) is 10.2 Å². The Morgan fingerprint density at radius 3 is 2.71 bits per heavy atom. The molecular weight excluding hydrogens is 254 g/mol. The van der Waals surface area contributed by atoms with Crippen molar-refractivity contribution in [1.82, 2.24) is 9.97 Å². The zero-order valence-corrected chi connectivity index (χ0v) is 12.0. The molecule has 0 aliphatic heterocycles. The normalized spacial score (nSPS) is 12.1. The minimum Gasteiger partial charge on any atom is -0.368 e. The molecule has 5 heteroatoms. The molecule has 0 spiro atoms. The summed E-state index contributed by atoms with van der Waals surface area (Å²) in [5.74, 6) is 0.841. The maximum atomic E-state index is 5.95. The lowest BCUT2D eigenvalue weighted by atomic mass is 9.97. The van der Waals surface area contributed by atoms with Gasteiger partial charge in [0.15, 0.2) is 0 Å². The van der Waals surface area contributed by atoms with Gasteiger partial charge in [0.05, 0.1) is 10.2 Å². The number of nitrogens with one attached hydrogen (secondary N) is 1. The van der Waals surface area contributed by atoms with Crippen molar-refractivity contribution >= 4 is 39.0 Å². The van der Waals surface area contributed by atoms with E-state index in [1.54, 1.807) is 11.3 Å². The molecule has 0 saturated carbocycles. The zero-order chi connectivity index (χ0) is 12.6. The lowest BCUT2D eigenvalue weighted by molar-refractivity contribution is 0.442. The van der Waals surface area contributed by atoms with Crippen molar-refractivity contribution < 1.29 is 0 Å². The first-order valence-corrected chi connectivity index (χ1v) is 6.78. The van der Waals surface area contributed by atoms with E-state index >= 15 is 0 Å². The Hall–Kier alpha value is -0.870. The van der Waals surface area contributed by atoms with E-state index in [4.69, 9.17) is 11.6 Å². The van der Waals surface area contributed by atoms with Gasteiger partial charge in [-0.1, -0.05) is 20.8 Å². The predicted octanol–water partition coefficient (Wildman–Crippen LogP) is 4.11. The van der Waals surface area contributed by atoms with Gasteiger partial charge in [-0.05, 0) is 34.9 Å². The van der Waals surface area contributed by atoms with Gasteiger partial charge in [-0.25, -0.2) is 4.98 Å². The number of nitrogens with zero attached hydrogens (tertiary/aromatic N) is 2. The Morgan fingerprint density at radius 2 is 2.06 bits per heavy atom. The number of hydrogen-bond donors (Lipinski definition) is 1. The Labute approximate surface area is 110 Å². The molecule has 0 amide bonds. The largest absolute Gasteiger partial charge is 0.368 e. The predicted molar refractivity (Wildman–Crippen MR) is 75.1 cm³/mol. The summed E-state index contributed by atoms with van der Waals surface area (Å²) in [6, 6.07) is 0. The summed E-state index contributed by atoms with van der Waals surface area (Å²) in [5.41, 5.74) is 2.30. The van der Waals surface area contributed by atoms with Crippen LogP contribution >= 0.6 is 22.9 Å². The van der Waals surface area contributed by atoms with Crippen LogP contribution in [-0.2, 0) is 0 Å². The summed E-state index contributed by atoms with van der Waals surface area (Å²) in [6.45, 7) is 9.43. The maximum absolute atomic E-state index is 5.95. The molecular formula is C12H16ClN3S.